The standard InChI is InChI=1S/C10H11BrO/c11-9-6-10(9)12-7-8-4-2-1-3-5-8/h1-5,9-10H,6-7H2/t9-,10-/m1/s1. The summed E-state index contributed by atoms with van der Waals surface area (Å²) in [7, 11) is 0. The molecule has 12 heavy (non-hydrogen) atoms. The van der Waals surface area contributed by atoms with Crippen molar-refractivity contribution in [1.29, 1.82) is 0 Å². The Labute approximate surface area is 80.9 Å². The zero-order valence-electron chi connectivity index (χ0n) is 6.74. The highest BCUT2D eigenvalue weighted by atomic mass is 79.9. The predicted molar refractivity (Wildman–Crippen MR) is 52.4 cm³/mol. The molecule has 0 bridgehead atoms. The summed E-state index contributed by atoms with van der Waals surface area (Å²) in [5.41, 5.74) is 1.25. The van der Waals surface area contributed by atoms with E-state index in [1.54, 1.807) is 0 Å². The highest BCUT2D eigenvalue weighted by Gasteiger charge is 2.35. The quantitative estimate of drug-likeness (QED) is 0.721. The molecule has 2 rings (SSSR count). The van der Waals surface area contributed by atoms with Gasteiger partial charge in [-0.25, -0.2) is 0 Å². The minimum absolute atomic E-state index is 0.449. The fraction of sp³-hybridized carbons (Fsp3) is 0.400. The first-order valence-corrected chi connectivity index (χ1v) is 5.07. The number of hydrogen-bond acceptors (Lipinski definition) is 1. The summed E-state index contributed by atoms with van der Waals surface area (Å²) in [6, 6.07) is 10.3. The van der Waals surface area contributed by atoms with Crippen LogP contribution in [-0.4, -0.2) is 10.9 Å². The van der Waals surface area contributed by atoms with Crippen molar-refractivity contribution in [3.05, 3.63) is 35.9 Å². The van der Waals surface area contributed by atoms with E-state index in [0.717, 1.165) is 13.0 Å². The van der Waals surface area contributed by atoms with E-state index in [1.807, 2.05) is 18.2 Å². The molecule has 1 fully saturated rings. The molecule has 0 saturated heterocycles. The summed E-state index contributed by atoms with van der Waals surface area (Å²) in [6.07, 6.45) is 1.61. The van der Waals surface area contributed by atoms with Gasteiger partial charge >= 0.3 is 0 Å². The van der Waals surface area contributed by atoms with Crippen LogP contribution in [0.1, 0.15) is 12.0 Å². The van der Waals surface area contributed by atoms with Gasteiger partial charge < -0.3 is 4.74 Å². The highest BCUT2D eigenvalue weighted by Crippen LogP contribution is 2.33. The fourth-order valence-electron chi connectivity index (χ4n) is 1.09. The predicted octanol–water partition coefficient (Wildman–Crippen LogP) is 2.74. The van der Waals surface area contributed by atoms with Crippen LogP contribution >= 0.6 is 15.9 Å². The van der Waals surface area contributed by atoms with Crippen molar-refractivity contribution in [3.8, 4) is 0 Å². The van der Waals surface area contributed by atoms with Crippen LogP contribution in [0.15, 0.2) is 30.3 Å². The zero-order chi connectivity index (χ0) is 8.39. The average Bonchev–Trinajstić information content (AvgIpc) is 2.81. The molecule has 0 heterocycles. The number of benzene rings is 1. The first kappa shape index (κ1) is 8.27. The molecule has 0 aliphatic heterocycles. The maximum atomic E-state index is 5.60. The smallest absolute Gasteiger partial charge is 0.0721 e. The molecule has 0 amide bonds. The summed E-state index contributed by atoms with van der Waals surface area (Å²) in [5, 5.41) is 0. The number of rotatable bonds is 3. The van der Waals surface area contributed by atoms with Gasteiger partial charge in [0.2, 0.25) is 0 Å². The molecular weight excluding hydrogens is 216 g/mol. The van der Waals surface area contributed by atoms with Gasteiger partial charge in [-0.05, 0) is 12.0 Å². The highest BCUT2D eigenvalue weighted by molar-refractivity contribution is 9.09. The van der Waals surface area contributed by atoms with E-state index in [1.165, 1.54) is 5.56 Å². The van der Waals surface area contributed by atoms with Crippen LogP contribution in [0.25, 0.3) is 0 Å². The molecule has 1 aromatic rings. The molecule has 1 nitrogen and oxygen atoms in total. The largest absolute Gasteiger partial charge is 0.372 e. The molecule has 2 heteroatoms. The van der Waals surface area contributed by atoms with Gasteiger partial charge in [-0.3, -0.25) is 0 Å². The van der Waals surface area contributed by atoms with Crippen molar-refractivity contribution in [2.45, 2.75) is 24.0 Å². The third-order valence-corrected chi connectivity index (χ3v) is 2.93. The van der Waals surface area contributed by atoms with Gasteiger partial charge in [0, 0.05) is 4.83 Å². The maximum Gasteiger partial charge on any atom is 0.0721 e. The van der Waals surface area contributed by atoms with Crippen molar-refractivity contribution in [2.75, 3.05) is 0 Å². The van der Waals surface area contributed by atoms with Crippen LogP contribution in [0.4, 0.5) is 0 Å². The second-order valence-electron chi connectivity index (χ2n) is 3.09. The molecular formula is C10H11BrO. The van der Waals surface area contributed by atoms with Gasteiger partial charge in [-0.2, -0.15) is 0 Å². The summed E-state index contributed by atoms with van der Waals surface area (Å²) >= 11 is 3.50. The van der Waals surface area contributed by atoms with Gasteiger partial charge in [0.05, 0.1) is 12.7 Å². The normalized spacial score (nSPS) is 27.1. The summed E-state index contributed by atoms with van der Waals surface area (Å²) < 4.78 is 5.60. The number of hydrogen-bond donors (Lipinski definition) is 0. The van der Waals surface area contributed by atoms with Crippen molar-refractivity contribution < 1.29 is 4.74 Å². The Kier molecular flexibility index (Phi) is 2.47. The fourth-order valence-corrected chi connectivity index (χ4v) is 1.61. The molecule has 0 radical (unpaired) electrons. The zero-order valence-corrected chi connectivity index (χ0v) is 8.33. The molecule has 1 aliphatic rings. The third-order valence-electron chi connectivity index (χ3n) is 1.96. The van der Waals surface area contributed by atoms with Gasteiger partial charge in [-0.15, -0.1) is 0 Å². The van der Waals surface area contributed by atoms with Crippen molar-refractivity contribution in [3.63, 3.8) is 0 Å². The Morgan fingerprint density at radius 2 is 2.00 bits per heavy atom. The lowest BCUT2D eigenvalue weighted by molar-refractivity contribution is 0.107. The van der Waals surface area contributed by atoms with E-state index in [-0.39, 0.29) is 0 Å². The number of alkyl halides is 1. The first-order chi connectivity index (χ1) is 5.86. The molecule has 64 valence electrons. The lowest BCUT2D eigenvalue weighted by Gasteiger charge is -2.01. The minimum atomic E-state index is 0.449. The average molecular weight is 227 g/mol. The van der Waals surface area contributed by atoms with Crippen LogP contribution in [0.3, 0.4) is 0 Å². The monoisotopic (exact) mass is 226 g/mol. The number of halogens is 1. The minimum Gasteiger partial charge on any atom is -0.372 e. The molecule has 2 atom stereocenters. The van der Waals surface area contributed by atoms with Crippen LogP contribution < -0.4 is 0 Å². The Morgan fingerprint density at radius 3 is 2.58 bits per heavy atom. The van der Waals surface area contributed by atoms with Crippen molar-refractivity contribution in [1.82, 2.24) is 0 Å². The second-order valence-corrected chi connectivity index (χ2v) is 4.26. The number of ether oxygens (including phenoxy) is 1. The van der Waals surface area contributed by atoms with E-state index >= 15 is 0 Å². The maximum absolute atomic E-state index is 5.60. The van der Waals surface area contributed by atoms with Gasteiger partial charge in [0.15, 0.2) is 0 Å². The molecule has 1 aromatic carbocycles. The molecule has 0 aromatic heterocycles. The van der Waals surface area contributed by atoms with E-state index in [2.05, 4.69) is 28.1 Å². The van der Waals surface area contributed by atoms with Crippen molar-refractivity contribution in [2.24, 2.45) is 0 Å². The molecule has 1 saturated carbocycles. The first-order valence-electron chi connectivity index (χ1n) is 4.16. The van der Waals surface area contributed by atoms with Gasteiger partial charge in [0.1, 0.15) is 0 Å². The Bertz CT molecular complexity index is 247. The lowest BCUT2D eigenvalue weighted by Crippen LogP contribution is -1.96. The molecule has 0 N–H and O–H groups in total. The summed E-state index contributed by atoms with van der Waals surface area (Å²) in [6.45, 7) is 0.744. The van der Waals surface area contributed by atoms with E-state index < -0.39 is 0 Å². The van der Waals surface area contributed by atoms with Gasteiger partial charge in [-0.1, -0.05) is 46.3 Å². The van der Waals surface area contributed by atoms with E-state index in [0.29, 0.717) is 10.9 Å². The van der Waals surface area contributed by atoms with Crippen LogP contribution in [0, 0.1) is 0 Å². The Balaban J connectivity index is 1.80. The van der Waals surface area contributed by atoms with Crippen LogP contribution in [-0.2, 0) is 11.3 Å². The van der Waals surface area contributed by atoms with Crippen LogP contribution in [0.2, 0.25) is 0 Å². The Morgan fingerprint density at radius 1 is 1.33 bits per heavy atom. The van der Waals surface area contributed by atoms with E-state index in [4.69, 9.17) is 4.74 Å². The summed E-state index contributed by atoms with van der Waals surface area (Å²) in [4.78, 5) is 0.598. The van der Waals surface area contributed by atoms with Crippen molar-refractivity contribution >= 4 is 15.9 Å². The Hall–Kier alpha value is -0.340. The lowest BCUT2D eigenvalue weighted by atomic mass is 10.2. The van der Waals surface area contributed by atoms with E-state index in [9.17, 15) is 0 Å². The second kappa shape index (κ2) is 3.58. The SMILES string of the molecule is Br[C@@H]1C[C@H]1OCc1ccccc1. The summed E-state index contributed by atoms with van der Waals surface area (Å²) in [5.74, 6) is 0. The topological polar surface area (TPSA) is 9.23 Å². The third kappa shape index (κ3) is 2.08. The molecule has 1 aliphatic carbocycles. The van der Waals surface area contributed by atoms with Crippen LogP contribution in [0.5, 0.6) is 0 Å². The van der Waals surface area contributed by atoms with Gasteiger partial charge in [0.25, 0.3) is 0 Å². The molecule has 0 unspecified atom stereocenters. The molecule has 0 spiro atoms.